The number of carbonyl (C=O) groups is 1. The second-order valence-electron chi connectivity index (χ2n) is 9.03. The Balaban J connectivity index is 2.00. The summed E-state index contributed by atoms with van der Waals surface area (Å²) in [7, 11) is -0.462. The van der Waals surface area contributed by atoms with Crippen LogP contribution in [0.15, 0.2) is 18.2 Å². The number of rotatable bonds is 2. The lowest BCUT2D eigenvalue weighted by Gasteiger charge is -2.32. The van der Waals surface area contributed by atoms with E-state index in [9.17, 15) is 4.79 Å². The molecule has 27 heavy (non-hydrogen) atoms. The second kappa shape index (κ2) is 6.35. The monoisotopic (exact) mass is 372 g/mol. The highest BCUT2D eigenvalue weighted by molar-refractivity contribution is 6.62. The van der Waals surface area contributed by atoms with Crippen molar-refractivity contribution in [2.24, 2.45) is 0 Å². The summed E-state index contributed by atoms with van der Waals surface area (Å²) in [5.41, 5.74) is 0.957. The molecule has 0 amide bonds. The Morgan fingerprint density at radius 3 is 2.30 bits per heavy atom. The van der Waals surface area contributed by atoms with Gasteiger partial charge in [-0.05, 0) is 66.1 Å². The lowest BCUT2D eigenvalue weighted by atomic mass is 9.79. The van der Waals surface area contributed by atoms with Crippen LogP contribution in [0.2, 0.25) is 0 Å². The molecule has 1 fully saturated rings. The summed E-state index contributed by atoms with van der Waals surface area (Å²) < 4.78 is 19.4. The maximum atomic E-state index is 12.7. The Labute approximate surface area is 161 Å². The highest BCUT2D eigenvalue weighted by Gasteiger charge is 2.51. The van der Waals surface area contributed by atoms with Gasteiger partial charge in [0, 0.05) is 6.42 Å². The molecule has 0 bridgehead atoms. The summed E-state index contributed by atoms with van der Waals surface area (Å²) in [6, 6.07) is 5.73. The first kappa shape index (κ1) is 19.9. The summed E-state index contributed by atoms with van der Waals surface area (Å²) >= 11 is 0. The van der Waals surface area contributed by atoms with E-state index in [1.165, 1.54) is 0 Å². The van der Waals surface area contributed by atoms with Gasteiger partial charge in [-0.3, -0.25) is 0 Å². The number of hydrogen-bond acceptors (Lipinski definition) is 5. The minimum Gasteiger partial charge on any atom is -0.443 e. The van der Waals surface area contributed by atoms with Gasteiger partial charge >= 0.3 is 13.2 Å². The number of carbonyl (C=O) groups excluding carboxylic acids is 1. The topological polar surface area (TPSA) is 62.6 Å². The highest BCUT2D eigenvalue weighted by Crippen LogP contribution is 2.36. The summed E-state index contributed by atoms with van der Waals surface area (Å²) in [5.74, 6) is 0.672. The van der Waals surface area contributed by atoms with E-state index in [1.807, 2.05) is 73.6 Å². The molecule has 146 valence electrons. The zero-order valence-corrected chi connectivity index (χ0v) is 17.5. The Hall–Kier alpha value is -1.86. The van der Waals surface area contributed by atoms with Crippen molar-refractivity contribution >= 4 is 29.7 Å². The molecule has 1 saturated heterocycles. The van der Waals surface area contributed by atoms with Crippen molar-refractivity contribution in [1.29, 1.82) is 0 Å². The first-order valence-electron chi connectivity index (χ1n) is 9.45. The molecule has 6 nitrogen and oxygen atoms in total. The number of aromatic nitrogens is 2. The summed E-state index contributed by atoms with van der Waals surface area (Å²) in [4.78, 5) is 17.3. The molecule has 0 N–H and O–H groups in total. The SMILES string of the molecule is CCc1nc2cc(B3OC(C)(C)C(C)(C)O3)ccc2n1C(=O)OC(C)(C)C. The van der Waals surface area contributed by atoms with Crippen molar-refractivity contribution in [3.8, 4) is 0 Å². The van der Waals surface area contributed by atoms with E-state index in [0.717, 1.165) is 16.5 Å². The normalized spacial score (nSPS) is 18.9. The van der Waals surface area contributed by atoms with E-state index in [4.69, 9.17) is 14.0 Å². The van der Waals surface area contributed by atoms with Crippen LogP contribution in [-0.4, -0.2) is 39.6 Å². The maximum absolute atomic E-state index is 12.7. The van der Waals surface area contributed by atoms with Crippen LogP contribution in [-0.2, 0) is 20.5 Å². The molecule has 3 rings (SSSR count). The van der Waals surface area contributed by atoms with Gasteiger partial charge in [-0.25, -0.2) is 14.3 Å². The van der Waals surface area contributed by atoms with Crippen molar-refractivity contribution in [2.75, 3.05) is 0 Å². The van der Waals surface area contributed by atoms with Gasteiger partial charge in [0.1, 0.15) is 11.4 Å². The fourth-order valence-electron chi connectivity index (χ4n) is 3.02. The Morgan fingerprint density at radius 1 is 1.19 bits per heavy atom. The number of aryl methyl sites for hydroxylation is 1. The van der Waals surface area contributed by atoms with Crippen LogP contribution in [0, 0.1) is 0 Å². The van der Waals surface area contributed by atoms with Gasteiger partial charge in [0.2, 0.25) is 0 Å². The van der Waals surface area contributed by atoms with Gasteiger partial charge < -0.3 is 14.0 Å². The first-order chi connectivity index (χ1) is 12.3. The third kappa shape index (κ3) is 3.63. The average Bonchev–Trinajstić information content (AvgIpc) is 2.99. The van der Waals surface area contributed by atoms with E-state index >= 15 is 0 Å². The minimum atomic E-state index is -0.568. The van der Waals surface area contributed by atoms with Crippen molar-refractivity contribution < 1.29 is 18.8 Å². The number of imidazole rings is 1. The van der Waals surface area contributed by atoms with Crippen molar-refractivity contribution in [3.05, 3.63) is 24.0 Å². The zero-order valence-electron chi connectivity index (χ0n) is 17.5. The highest BCUT2D eigenvalue weighted by atomic mass is 16.7. The molecule has 7 heteroatoms. The standard InChI is InChI=1S/C20H29BN2O4/c1-9-16-22-14-12-13(21-26-19(5,6)20(7,8)27-21)10-11-15(14)23(16)17(24)25-18(2,3)4/h10-12H,9H2,1-8H3. The molecule has 0 saturated carbocycles. The molecule has 1 aliphatic rings. The Kier molecular flexibility index (Phi) is 4.68. The quantitative estimate of drug-likeness (QED) is 0.753. The van der Waals surface area contributed by atoms with Crippen LogP contribution in [0.3, 0.4) is 0 Å². The van der Waals surface area contributed by atoms with E-state index in [-0.39, 0.29) is 0 Å². The van der Waals surface area contributed by atoms with E-state index in [2.05, 4.69) is 4.98 Å². The Morgan fingerprint density at radius 2 is 1.78 bits per heavy atom. The number of ether oxygens (including phenoxy) is 1. The number of hydrogen-bond donors (Lipinski definition) is 0. The third-order valence-electron chi connectivity index (χ3n) is 5.17. The third-order valence-corrected chi connectivity index (χ3v) is 5.17. The molecular formula is C20H29BN2O4. The molecule has 0 unspecified atom stereocenters. The van der Waals surface area contributed by atoms with Crippen molar-refractivity contribution in [2.45, 2.75) is 78.6 Å². The molecule has 0 spiro atoms. The van der Waals surface area contributed by atoms with Gasteiger partial charge in [0.15, 0.2) is 0 Å². The molecule has 2 aromatic rings. The van der Waals surface area contributed by atoms with E-state index in [0.29, 0.717) is 12.2 Å². The lowest BCUT2D eigenvalue weighted by Crippen LogP contribution is -2.41. The number of fused-ring (bicyclic) bond motifs is 1. The zero-order chi connectivity index (χ0) is 20.2. The minimum absolute atomic E-state index is 0.406. The van der Waals surface area contributed by atoms with Gasteiger partial charge in [-0.2, -0.15) is 0 Å². The largest absolute Gasteiger partial charge is 0.494 e. The molecule has 1 aromatic heterocycles. The summed E-state index contributed by atoms with van der Waals surface area (Å²) in [5, 5.41) is 0. The van der Waals surface area contributed by atoms with E-state index in [1.54, 1.807) is 4.57 Å². The fourth-order valence-corrected chi connectivity index (χ4v) is 3.02. The van der Waals surface area contributed by atoms with Crippen LogP contribution in [0.25, 0.3) is 11.0 Å². The molecule has 0 radical (unpaired) electrons. The van der Waals surface area contributed by atoms with Crippen LogP contribution in [0.1, 0.15) is 61.2 Å². The number of benzene rings is 1. The molecule has 1 aliphatic heterocycles. The average molecular weight is 372 g/mol. The van der Waals surface area contributed by atoms with Crippen LogP contribution in [0.4, 0.5) is 4.79 Å². The maximum Gasteiger partial charge on any atom is 0.494 e. The molecule has 1 aromatic carbocycles. The number of nitrogens with zero attached hydrogens (tertiary/aromatic N) is 2. The van der Waals surface area contributed by atoms with Crippen LogP contribution >= 0.6 is 0 Å². The fraction of sp³-hybridized carbons (Fsp3) is 0.600. The van der Waals surface area contributed by atoms with Crippen molar-refractivity contribution in [3.63, 3.8) is 0 Å². The molecule has 0 aliphatic carbocycles. The van der Waals surface area contributed by atoms with Gasteiger partial charge in [0.25, 0.3) is 0 Å². The van der Waals surface area contributed by atoms with Crippen molar-refractivity contribution in [1.82, 2.24) is 9.55 Å². The van der Waals surface area contributed by atoms with E-state index < -0.39 is 30.0 Å². The predicted octanol–water partition coefficient (Wildman–Crippen LogP) is 3.68. The van der Waals surface area contributed by atoms with Crippen LogP contribution < -0.4 is 5.46 Å². The van der Waals surface area contributed by atoms with Gasteiger partial charge in [0.05, 0.1) is 22.2 Å². The second-order valence-corrected chi connectivity index (χ2v) is 9.03. The molecule has 2 heterocycles. The predicted molar refractivity (Wildman–Crippen MR) is 106 cm³/mol. The van der Waals surface area contributed by atoms with Gasteiger partial charge in [-0.15, -0.1) is 0 Å². The summed E-state index contributed by atoms with van der Waals surface area (Å²) in [6.45, 7) is 15.6. The summed E-state index contributed by atoms with van der Waals surface area (Å²) in [6.07, 6.45) is 0.213. The lowest BCUT2D eigenvalue weighted by molar-refractivity contribution is 0.00578. The smallest absolute Gasteiger partial charge is 0.443 e. The molecular weight excluding hydrogens is 343 g/mol. The molecule has 0 atom stereocenters. The Bertz CT molecular complexity index is 864. The first-order valence-corrected chi connectivity index (χ1v) is 9.45. The van der Waals surface area contributed by atoms with Gasteiger partial charge in [-0.1, -0.05) is 13.0 Å². The van der Waals surface area contributed by atoms with Crippen LogP contribution in [0.5, 0.6) is 0 Å².